The Bertz CT molecular complexity index is 700. The first-order valence-corrected chi connectivity index (χ1v) is 8.66. The highest BCUT2D eigenvalue weighted by atomic mass is 16.7. The van der Waals surface area contributed by atoms with Crippen molar-refractivity contribution in [2.45, 2.75) is 37.6 Å². The first-order chi connectivity index (χ1) is 11.8. The van der Waals surface area contributed by atoms with Gasteiger partial charge in [-0.3, -0.25) is 4.99 Å². The van der Waals surface area contributed by atoms with Gasteiger partial charge in [0.25, 0.3) is 0 Å². The molecular formula is C19H22N2O3. The zero-order valence-corrected chi connectivity index (χ0v) is 13.7. The summed E-state index contributed by atoms with van der Waals surface area (Å²) >= 11 is 0. The molecule has 4 rings (SSSR count). The van der Waals surface area contributed by atoms with Gasteiger partial charge in [0.05, 0.1) is 0 Å². The molecule has 0 aliphatic carbocycles. The summed E-state index contributed by atoms with van der Waals surface area (Å²) in [6.45, 7) is 2.60. The number of fused-ring (bicyclic) bond motifs is 3. The summed E-state index contributed by atoms with van der Waals surface area (Å²) < 4.78 is 11.2. The maximum atomic E-state index is 11.2. The van der Waals surface area contributed by atoms with Gasteiger partial charge in [0.15, 0.2) is 12.1 Å². The average molecular weight is 326 g/mol. The second-order valence-corrected chi connectivity index (χ2v) is 6.35. The molecule has 0 amide bonds. The Morgan fingerprint density at radius 2 is 2.25 bits per heavy atom. The van der Waals surface area contributed by atoms with E-state index in [2.05, 4.69) is 21.7 Å². The van der Waals surface area contributed by atoms with E-state index in [-0.39, 0.29) is 12.9 Å². The monoisotopic (exact) mass is 326 g/mol. The number of hydrogen-bond acceptors (Lipinski definition) is 5. The minimum atomic E-state index is -1.34. The summed E-state index contributed by atoms with van der Waals surface area (Å²) in [7, 11) is 0. The smallest absolute Gasteiger partial charge is 0.211 e. The predicted octanol–water partition coefficient (Wildman–Crippen LogP) is 2.04. The van der Waals surface area contributed by atoms with Crippen molar-refractivity contribution in [3.63, 3.8) is 0 Å². The van der Waals surface area contributed by atoms with Gasteiger partial charge in [-0.15, -0.1) is 0 Å². The zero-order chi connectivity index (χ0) is 16.4. The van der Waals surface area contributed by atoms with Gasteiger partial charge in [-0.05, 0) is 31.7 Å². The quantitative estimate of drug-likeness (QED) is 0.845. The number of amidine groups is 1. The topological polar surface area (TPSA) is 54.3 Å². The van der Waals surface area contributed by atoms with Gasteiger partial charge in [-0.1, -0.05) is 30.0 Å². The van der Waals surface area contributed by atoms with Crippen molar-refractivity contribution in [1.82, 2.24) is 0 Å². The van der Waals surface area contributed by atoms with Gasteiger partial charge in [0.1, 0.15) is 6.61 Å². The Morgan fingerprint density at radius 1 is 1.33 bits per heavy atom. The number of anilines is 1. The molecule has 3 heterocycles. The fourth-order valence-corrected chi connectivity index (χ4v) is 3.55. The minimum Gasteiger partial charge on any atom is -0.367 e. The number of rotatable bonds is 2. The van der Waals surface area contributed by atoms with Gasteiger partial charge in [0, 0.05) is 30.9 Å². The molecule has 5 nitrogen and oxygen atoms in total. The van der Waals surface area contributed by atoms with Gasteiger partial charge in [-0.2, -0.15) is 0 Å². The van der Waals surface area contributed by atoms with E-state index < -0.39 is 5.60 Å². The van der Waals surface area contributed by atoms with Crippen LogP contribution in [0, 0.1) is 11.8 Å². The summed E-state index contributed by atoms with van der Waals surface area (Å²) in [6.07, 6.45) is 3.96. The van der Waals surface area contributed by atoms with Crippen molar-refractivity contribution in [1.29, 1.82) is 0 Å². The number of benzene rings is 1. The van der Waals surface area contributed by atoms with E-state index in [9.17, 15) is 5.11 Å². The standard InChI is InChI=1S/C19H22N2O3/c22-19(10-5-14-24-17-9-3-4-13-23-17)15-7-1-2-8-16(15)21-12-6-11-20-18(19)21/h1-2,7-8,17,22H,3-4,6,9,11-14H2. The molecule has 1 N–H and O–H groups in total. The second-order valence-electron chi connectivity index (χ2n) is 6.35. The second kappa shape index (κ2) is 6.56. The molecule has 1 fully saturated rings. The minimum absolute atomic E-state index is 0.165. The van der Waals surface area contributed by atoms with Crippen molar-refractivity contribution in [2.75, 3.05) is 31.2 Å². The molecule has 3 aliphatic rings. The third-order valence-corrected chi connectivity index (χ3v) is 4.71. The number of aliphatic hydroxyl groups is 1. The van der Waals surface area contributed by atoms with Crippen LogP contribution in [0.15, 0.2) is 29.3 Å². The normalized spacial score (nSPS) is 28.5. The van der Waals surface area contributed by atoms with Gasteiger partial charge >= 0.3 is 0 Å². The molecule has 1 aromatic rings. The first-order valence-electron chi connectivity index (χ1n) is 8.66. The zero-order valence-electron chi connectivity index (χ0n) is 13.7. The lowest BCUT2D eigenvalue weighted by molar-refractivity contribution is -0.154. The van der Waals surface area contributed by atoms with Crippen LogP contribution in [0.3, 0.4) is 0 Å². The van der Waals surface area contributed by atoms with Crippen molar-refractivity contribution < 1.29 is 14.6 Å². The molecular weight excluding hydrogens is 304 g/mol. The summed E-state index contributed by atoms with van der Waals surface area (Å²) in [5.74, 6) is 6.63. The maximum absolute atomic E-state index is 11.2. The highest BCUT2D eigenvalue weighted by Crippen LogP contribution is 2.41. The summed E-state index contributed by atoms with van der Waals surface area (Å²) in [6, 6.07) is 7.85. The van der Waals surface area contributed by atoms with E-state index in [0.29, 0.717) is 5.84 Å². The molecule has 126 valence electrons. The highest BCUT2D eigenvalue weighted by Gasteiger charge is 2.47. The van der Waals surface area contributed by atoms with Crippen LogP contribution in [-0.4, -0.2) is 43.5 Å². The third kappa shape index (κ3) is 2.71. The van der Waals surface area contributed by atoms with Crippen molar-refractivity contribution in [3.8, 4) is 11.8 Å². The lowest BCUT2D eigenvalue weighted by Gasteiger charge is -2.27. The van der Waals surface area contributed by atoms with Crippen molar-refractivity contribution in [2.24, 2.45) is 4.99 Å². The van der Waals surface area contributed by atoms with Crippen molar-refractivity contribution >= 4 is 11.5 Å². The molecule has 3 aliphatic heterocycles. The Labute approximate surface area is 142 Å². The fraction of sp³-hybridized carbons (Fsp3) is 0.526. The molecule has 0 aromatic heterocycles. The Hall–Kier alpha value is -1.87. The van der Waals surface area contributed by atoms with Crippen LogP contribution in [0.1, 0.15) is 31.2 Å². The highest BCUT2D eigenvalue weighted by molar-refractivity contribution is 6.12. The largest absolute Gasteiger partial charge is 0.367 e. The molecule has 0 saturated carbocycles. The van der Waals surface area contributed by atoms with Crippen LogP contribution in [0.5, 0.6) is 0 Å². The molecule has 0 radical (unpaired) electrons. The van der Waals surface area contributed by atoms with Gasteiger partial charge in [-0.25, -0.2) is 0 Å². The van der Waals surface area contributed by atoms with Crippen LogP contribution >= 0.6 is 0 Å². The fourth-order valence-electron chi connectivity index (χ4n) is 3.55. The number of para-hydroxylation sites is 1. The Balaban J connectivity index is 1.54. The van der Waals surface area contributed by atoms with Crippen LogP contribution in [0.4, 0.5) is 5.69 Å². The lowest BCUT2D eigenvalue weighted by Crippen LogP contribution is -2.42. The van der Waals surface area contributed by atoms with Crippen LogP contribution in [0.25, 0.3) is 0 Å². The van der Waals surface area contributed by atoms with E-state index in [1.54, 1.807) is 0 Å². The molecule has 0 spiro atoms. The molecule has 5 heteroatoms. The molecule has 2 atom stereocenters. The van der Waals surface area contributed by atoms with E-state index >= 15 is 0 Å². The number of nitrogens with zero attached hydrogens (tertiary/aromatic N) is 2. The van der Waals surface area contributed by atoms with Crippen LogP contribution < -0.4 is 4.90 Å². The number of hydrogen-bond donors (Lipinski definition) is 1. The molecule has 0 bridgehead atoms. The number of aliphatic imine (C=N–C) groups is 1. The average Bonchev–Trinajstić information content (AvgIpc) is 2.90. The SMILES string of the molecule is OC1(C#CCOC2CCCCO2)C2=NCCCN2c2ccccc21. The summed E-state index contributed by atoms with van der Waals surface area (Å²) in [5.41, 5.74) is 0.477. The molecule has 2 unspecified atom stereocenters. The third-order valence-electron chi connectivity index (χ3n) is 4.71. The van der Waals surface area contributed by atoms with Crippen LogP contribution in [0.2, 0.25) is 0 Å². The van der Waals surface area contributed by atoms with E-state index in [4.69, 9.17) is 9.47 Å². The summed E-state index contributed by atoms with van der Waals surface area (Å²) in [4.78, 5) is 6.63. The Kier molecular flexibility index (Phi) is 4.28. The van der Waals surface area contributed by atoms with E-state index in [1.165, 1.54) is 0 Å². The first kappa shape index (κ1) is 15.6. The summed E-state index contributed by atoms with van der Waals surface area (Å²) in [5, 5.41) is 11.2. The number of ether oxygens (including phenoxy) is 2. The molecule has 24 heavy (non-hydrogen) atoms. The molecule has 1 aromatic carbocycles. The van der Waals surface area contributed by atoms with E-state index in [0.717, 1.165) is 56.6 Å². The van der Waals surface area contributed by atoms with Crippen LogP contribution in [-0.2, 0) is 15.1 Å². The predicted molar refractivity (Wildman–Crippen MR) is 91.9 cm³/mol. The van der Waals surface area contributed by atoms with Gasteiger partial charge < -0.3 is 19.5 Å². The van der Waals surface area contributed by atoms with Gasteiger partial charge in [0.2, 0.25) is 5.60 Å². The molecule has 1 saturated heterocycles. The maximum Gasteiger partial charge on any atom is 0.211 e. The lowest BCUT2D eigenvalue weighted by atomic mass is 9.95. The Morgan fingerprint density at radius 3 is 3.12 bits per heavy atom. The van der Waals surface area contributed by atoms with E-state index in [1.807, 2.05) is 24.3 Å². The van der Waals surface area contributed by atoms with Crippen molar-refractivity contribution in [3.05, 3.63) is 29.8 Å².